The van der Waals surface area contributed by atoms with E-state index in [0.29, 0.717) is 18.2 Å². The summed E-state index contributed by atoms with van der Waals surface area (Å²) in [6.45, 7) is 4.59. The third kappa shape index (κ3) is 3.60. The van der Waals surface area contributed by atoms with Crippen molar-refractivity contribution in [2.24, 2.45) is 5.92 Å². The molecule has 1 aliphatic carbocycles. The average Bonchev–Trinajstić information content (AvgIpc) is 2.77. The van der Waals surface area contributed by atoms with Crippen LogP contribution in [0.2, 0.25) is 0 Å². The molecular weight excluding hydrogens is 242 g/mol. The number of carbonyl (C=O) groups is 1. The molecule has 1 heterocycles. The number of furan rings is 1. The van der Waals surface area contributed by atoms with Crippen LogP contribution in [0.15, 0.2) is 10.5 Å². The maximum absolute atomic E-state index is 12.0. The molecule has 0 bridgehead atoms. The van der Waals surface area contributed by atoms with Crippen molar-refractivity contribution in [3.63, 3.8) is 0 Å². The lowest BCUT2D eigenvalue weighted by atomic mass is 9.87. The fourth-order valence-corrected chi connectivity index (χ4v) is 2.75. The zero-order chi connectivity index (χ0) is 13.8. The van der Waals surface area contributed by atoms with Gasteiger partial charge in [-0.1, -0.05) is 13.3 Å². The second-order valence-corrected chi connectivity index (χ2v) is 5.47. The predicted octanol–water partition coefficient (Wildman–Crippen LogP) is 2.43. The minimum atomic E-state index is -0.201. The Morgan fingerprint density at radius 1 is 1.53 bits per heavy atom. The molecule has 1 amide bonds. The minimum Gasteiger partial charge on any atom is -0.456 e. The van der Waals surface area contributed by atoms with E-state index in [-0.39, 0.29) is 12.0 Å². The van der Waals surface area contributed by atoms with Crippen molar-refractivity contribution >= 4 is 5.91 Å². The molecule has 0 spiro atoms. The molecule has 4 heteroatoms. The lowest BCUT2D eigenvalue weighted by molar-refractivity contribution is 0.0852. The number of nitrogens with one attached hydrogen (secondary N) is 1. The fraction of sp³-hybridized carbons (Fsp3) is 0.667. The molecule has 1 fully saturated rings. The molecule has 4 nitrogen and oxygen atoms in total. The van der Waals surface area contributed by atoms with Gasteiger partial charge in [-0.2, -0.15) is 0 Å². The molecule has 1 aliphatic rings. The highest BCUT2D eigenvalue weighted by Gasteiger charge is 2.21. The summed E-state index contributed by atoms with van der Waals surface area (Å²) in [6.07, 6.45) is 4.40. The van der Waals surface area contributed by atoms with Gasteiger partial charge >= 0.3 is 0 Å². The van der Waals surface area contributed by atoms with E-state index in [1.165, 1.54) is 0 Å². The topological polar surface area (TPSA) is 62.5 Å². The van der Waals surface area contributed by atoms with Crippen molar-refractivity contribution in [2.75, 3.05) is 6.54 Å². The molecule has 0 aromatic carbocycles. The van der Waals surface area contributed by atoms with Gasteiger partial charge in [-0.05, 0) is 43.7 Å². The largest absolute Gasteiger partial charge is 0.456 e. The van der Waals surface area contributed by atoms with Crippen molar-refractivity contribution in [3.8, 4) is 0 Å². The normalized spacial score (nSPS) is 23.3. The Morgan fingerprint density at radius 2 is 2.32 bits per heavy atom. The Morgan fingerprint density at radius 3 is 2.95 bits per heavy atom. The molecule has 106 valence electrons. The standard InChI is InChI=1S/C15H23NO3/c1-3-13-10(2)7-14(19-13)15(18)16-9-11-5-4-6-12(17)8-11/h7,11-12,17H,3-6,8-9H2,1-2H3,(H,16,18). The fourth-order valence-electron chi connectivity index (χ4n) is 2.75. The van der Waals surface area contributed by atoms with Gasteiger partial charge in [0.05, 0.1) is 6.10 Å². The van der Waals surface area contributed by atoms with Crippen LogP contribution < -0.4 is 5.32 Å². The number of aryl methyl sites for hydroxylation is 2. The molecule has 0 radical (unpaired) electrons. The third-order valence-electron chi connectivity index (χ3n) is 3.87. The van der Waals surface area contributed by atoms with Crippen LogP contribution in [0.5, 0.6) is 0 Å². The molecule has 0 aliphatic heterocycles. The molecule has 2 atom stereocenters. The number of aliphatic hydroxyl groups is 1. The van der Waals surface area contributed by atoms with Crippen LogP contribution in [0, 0.1) is 12.8 Å². The van der Waals surface area contributed by atoms with Crippen molar-refractivity contribution in [1.82, 2.24) is 5.32 Å². The van der Waals surface area contributed by atoms with E-state index in [9.17, 15) is 9.90 Å². The van der Waals surface area contributed by atoms with E-state index in [2.05, 4.69) is 5.32 Å². The first-order chi connectivity index (χ1) is 9.10. The summed E-state index contributed by atoms with van der Waals surface area (Å²) in [5.74, 6) is 1.50. The van der Waals surface area contributed by atoms with Crippen molar-refractivity contribution in [2.45, 2.75) is 52.1 Å². The van der Waals surface area contributed by atoms with Gasteiger partial charge in [0.15, 0.2) is 5.76 Å². The van der Waals surface area contributed by atoms with Gasteiger partial charge in [0.1, 0.15) is 5.76 Å². The van der Waals surface area contributed by atoms with Crippen LogP contribution in [-0.2, 0) is 6.42 Å². The van der Waals surface area contributed by atoms with Crippen molar-refractivity contribution < 1.29 is 14.3 Å². The summed E-state index contributed by atoms with van der Waals surface area (Å²) in [5, 5.41) is 12.5. The smallest absolute Gasteiger partial charge is 0.287 e. The second-order valence-electron chi connectivity index (χ2n) is 5.47. The molecule has 1 saturated carbocycles. The summed E-state index contributed by atoms with van der Waals surface area (Å²) < 4.78 is 5.52. The lowest BCUT2D eigenvalue weighted by Crippen LogP contribution is -2.32. The van der Waals surface area contributed by atoms with Crippen LogP contribution >= 0.6 is 0 Å². The summed E-state index contributed by atoms with van der Waals surface area (Å²) in [4.78, 5) is 12.0. The van der Waals surface area contributed by atoms with E-state index in [4.69, 9.17) is 4.42 Å². The molecule has 0 saturated heterocycles. The number of amides is 1. The second kappa shape index (κ2) is 6.24. The summed E-state index contributed by atoms with van der Waals surface area (Å²) >= 11 is 0. The van der Waals surface area contributed by atoms with Gasteiger partial charge in [-0.3, -0.25) is 4.79 Å². The van der Waals surface area contributed by atoms with Crippen LogP contribution in [0.3, 0.4) is 0 Å². The Labute approximate surface area is 114 Å². The van der Waals surface area contributed by atoms with E-state index in [1.54, 1.807) is 6.07 Å². The molecule has 2 unspecified atom stereocenters. The zero-order valence-electron chi connectivity index (χ0n) is 11.7. The van der Waals surface area contributed by atoms with Gasteiger partial charge in [-0.25, -0.2) is 0 Å². The number of rotatable bonds is 4. The Balaban J connectivity index is 1.86. The first-order valence-electron chi connectivity index (χ1n) is 7.15. The van der Waals surface area contributed by atoms with Crippen LogP contribution in [0.25, 0.3) is 0 Å². The summed E-state index contributed by atoms with van der Waals surface area (Å²) in [5.41, 5.74) is 1.03. The predicted molar refractivity (Wildman–Crippen MR) is 73.1 cm³/mol. The first kappa shape index (κ1) is 14.1. The molecule has 2 N–H and O–H groups in total. The molecule has 19 heavy (non-hydrogen) atoms. The highest BCUT2D eigenvalue weighted by Crippen LogP contribution is 2.23. The highest BCUT2D eigenvalue weighted by atomic mass is 16.4. The number of hydrogen-bond acceptors (Lipinski definition) is 3. The lowest BCUT2D eigenvalue weighted by Gasteiger charge is -2.25. The van der Waals surface area contributed by atoms with Gasteiger partial charge < -0.3 is 14.8 Å². The SMILES string of the molecule is CCc1oc(C(=O)NCC2CCCC(O)C2)cc1C. The highest BCUT2D eigenvalue weighted by molar-refractivity contribution is 5.91. The number of aliphatic hydroxyl groups excluding tert-OH is 1. The van der Waals surface area contributed by atoms with Crippen LogP contribution in [0.4, 0.5) is 0 Å². The van der Waals surface area contributed by atoms with E-state index in [1.807, 2.05) is 13.8 Å². The summed E-state index contributed by atoms with van der Waals surface area (Å²) in [6, 6.07) is 1.80. The first-order valence-corrected chi connectivity index (χ1v) is 7.15. The molecule has 1 aromatic rings. The summed E-state index contributed by atoms with van der Waals surface area (Å²) in [7, 11) is 0. The molecular formula is C15H23NO3. The monoisotopic (exact) mass is 265 g/mol. The van der Waals surface area contributed by atoms with Crippen LogP contribution in [0.1, 0.15) is 54.5 Å². The van der Waals surface area contributed by atoms with Crippen LogP contribution in [-0.4, -0.2) is 23.7 Å². The minimum absolute atomic E-state index is 0.150. The number of carbonyl (C=O) groups excluding carboxylic acids is 1. The van der Waals surface area contributed by atoms with Gasteiger partial charge in [0.2, 0.25) is 0 Å². The quantitative estimate of drug-likeness (QED) is 0.879. The average molecular weight is 265 g/mol. The Hall–Kier alpha value is -1.29. The molecule has 1 aromatic heterocycles. The molecule has 2 rings (SSSR count). The zero-order valence-corrected chi connectivity index (χ0v) is 11.7. The van der Waals surface area contributed by atoms with E-state index >= 15 is 0 Å². The van der Waals surface area contributed by atoms with Gasteiger partial charge in [0.25, 0.3) is 5.91 Å². The van der Waals surface area contributed by atoms with E-state index < -0.39 is 0 Å². The maximum atomic E-state index is 12.0. The van der Waals surface area contributed by atoms with Crippen molar-refractivity contribution in [3.05, 3.63) is 23.2 Å². The number of hydrogen-bond donors (Lipinski definition) is 2. The Kier molecular flexibility index (Phi) is 4.64. The van der Waals surface area contributed by atoms with Gasteiger partial charge in [0, 0.05) is 13.0 Å². The maximum Gasteiger partial charge on any atom is 0.287 e. The Bertz CT molecular complexity index is 439. The van der Waals surface area contributed by atoms with Crippen molar-refractivity contribution in [1.29, 1.82) is 0 Å². The van der Waals surface area contributed by atoms with E-state index in [0.717, 1.165) is 43.4 Å². The van der Waals surface area contributed by atoms with Gasteiger partial charge in [-0.15, -0.1) is 0 Å². The third-order valence-corrected chi connectivity index (χ3v) is 3.87.